The van der Waals surface area contributed by atoms with E-state index in [1.807, 2.05) is 18.7 Å². The van der Waals surface area contributed by atoms with E-state index >= 15 is 0 Å². The largest absolute Gasteiger partial charge is 0.493 e. The SMILES string of the molecule is COc1cc(CN(CCCn2ccnc2)C[C@H]2CC=CCC2)cc2c1OCO2. The molecule has 1 aromatic heterocycles. The first-order valence-corrected chi connectivity index (χ1v) is 10.1. The number of ether oxygens (including phenoxy) is 3. The summed E-state index contributed by atoms with van der Waals surface area (Å²) in [5.74, 6) is 2.99. The monoisotopic (exact) mass is 383 g/mol. The highest BCUT2D eigenvalue weighted by atomic mass is 16.7. The summed E-state index contributed by atoms with van der Waals surface area (Å²) in [5, 5.41) is 0. The topological polar surface area (TPSA) is 48.8 Å². The number of allylic oxidation sites excluding steroid dienone is 2. The predicted octanol–water partition coefficient (Wildman–Crippen LogP) is 3.87. The summed E-state index contributed by atoms with van der Waals surface area (Å²) in [7, 11) is 1.68. The molecule has 150 valence electrons. The lowest BCUT2D eigenvalue weighted by atomic mass is 9.93. The van der Waals surface area contributed by atoms with E-state index < -0.39 is 0 Å². The zero-order valence-electron chi connectivity index (χ0n) is 16.5. The number of methoxy groups -OCH3 is 1. The fraction of sp³-hybridized carbons (Fsp3) is 0.500. The Balaban J connectivity index is 1.43. The summed E-state index contributed by atoms with van der Waals surface area (Å²) in [6.07, 6.45) is 15.2. The molecule has 1 aliphatic carbocycles. The minimum Gasteiger partial charge on any atom is -0.493 e. The zero-order chi connectivity index (χ0) is 19.2. The minimum atomic E-state index is 0.262. The quantitative estimate of drug-likeness (QED) is 0.615. The summed E-state index contributed by atoms with van der Waals surface area (Å²) in [5.41, 5.74) is 1.20. The van der Waals surface area contributed by atoms with Crippen LogP contribution in [0.2, 0.25) is 0 Å². The van der Waals surface area contributed by atoms with Gasteiger partial charge >= 0.3 is 0 Å². The molecule has 1 atom stereocenters. The summed E-state index contributed by atoms with van der Waals surface area (Å²) in [6.45, 7) is 4.31. The van der Waals surface area contributed by atoms with Gasteiger partial charge in [0.25, 0.3) is 0 Å². The van der Waals surface area contributed by atoms with Crippen LogP contribution in [0, 0.1) is 5.92 Å². The smallest absolute Gasteiger partial charge is 0.231 e. The Kier molecular flexibility index (Phi) is 6.17. The maximum absolute atomic E-state index is 5.60. The van der Waals surface area contributed by atoms with Crippen molar-refractivity contribution in [1.29, 1.82) is 0 Å². The van der Waals surface area contributed by atoms with Crippen LogP contribution in [0.15, 0.2) is 43.0 Å². The fourth-order valence-corrected chi connectivity index (χ4v) is 4.05. The van der Waals surface area contributed by atoms with Gasteiger partial charge < -0.3 is 18.8 Å². The van der Waals surface area contributed by atoms with Crippen molar-refractivity contribution >= 4 is 0 Å². The van der Waals surface area contributed by atoms with E-state index in [4.69, 9.17) is 14.2 Å². The lowest BCUT2D eigenvalue weighted by molar-refractivity contribution is 0.171. The average Bonchev–Trinajstić information content (AvgIpc) is 3.40. The second kappa shape index (κ2) is 9.15. The standard InChI is InChI=1S/C22H29N3O3/c1-26-20-12-19(13-21-22(20)28-17-27-21)15-25(14-18-6-3-2-4-7-18)10-5-9-24-11-8-23-16-24/h2-3,8,11-13,16,18H,4-7,9-10,14-15,17H2,1H3/t18-/m0/s1. The van der Waals surface area contributed by atoms with Crippen LogP contribution >= 0.6 is 0 Å². The van der Waals surface area contributed by atoms with E-state index in [0.717, 1.165) is 55.8 Å². The summed E-state index contributed by atoms with van der Waals surface area (Å²) < 4.78 is 18.8. The Labute approximate surface area is 166 Å². The molecule has 0 saturated carbocycles. The van der Waals surface area contributed by atoms with Gasteiger partial charge in [-0.2, -0.15) is 0 Å². The predicted molar refractivity (Wildman–Crippen MR) is 108 cm³/mol. The van der Waals surface area contributed by atoms with E-state index in [0.29, 0.717) is 0 Å². The molecule has 2 heterocycles. The van der Waals surface area contributed by atoms with E-state index in [-0.39, 0.29) is 6.79 Å². The molecule has 6 nitrogen and oxygen atoms in total. The minimum absolute atomic E-state index is 0.262. The maximum atomic E-state index is 5.60. The van der Waals surface area contributed by atoms with Crippen molar-refractivity contribution in [1.82, 2.24) is 14.5 Å². The van der Waals surface area contributed by atoms with Gasteiger partial charge in [0.1, 0.15) is 0 Å². The number of hydrogen-bond donors (Lipinski definition) is 0. The Morgan fingerprint density at radius 3 is 3.04 bits per heavy atom. The molecular formula is C22H29N3O3. The van der Waals surface area contributed by atoms with Gasteiger partial charge in [0.2, 0.25) is 12.5 Å². The molecule has 0 spiro atoms. The van der Waals surface area contributed by atoms with Crippen molar-refractivity contribution < 1.29 is 14.2 Å². The van der Waals surface area contributed by atoms with Gasteiger partial charge in [0, 0.05) is 38.6 Å². The van der Waals surface area contributed by atoms with E-state index in [1.165, 1.54) is 24.8 Å². The van der Waals surface area contributed by atoms with Crippen LogP contribution in [-0.2, 0) is 13.1 Å². The summed E-state index contributed by atoms with van der Waals surface area (Å²) >= 11 is 0. The first kappa shape index (κ1) is 18.9. The number of hydrogen-bond acceptors (Lipinski definition) is 5. The molecule has 6 heteroatoms. The molecule has 2 aliphatic rings. The second-order valence-electron chi connectivity index (χ2n) is 7.57. The Hall–Kier alpha value is -2.47. The summed E-state index contributed by atoms with van der Waals surface area (Å²) in [6, 6.07) is 4.17. The Bertz CT molecular complexity index is 789. The lowest BCUT2D eigenvalue weighted by Gasteiger charge is -2.28. The van der Waals surface area contributed by atoms with Crippen LogP contribution in [0.4, 0.5) is 0 Å². The van der Waals surface area contributed by atoms with Crippen LogP contribution in [0.3, 0.4) is 0 Å². The average molecular weight is 383 g/mol. The molecule has 0 amide bonds. The molecule has 1 aromatic carbocycles. The number of imidazole rings is 1. The van der Waals surface area contributed by atoms with Gasteiger partial charge in [0.15, 0.2) is 11.5 Å². The van der Waals surface area contributed by atoms with Crippen LogP contribution in [0.25, 0.3) is 0 Å². The Morgan fingerprint density at radius 1 is 1.29 bits per heavy atom. The van der Waals surface area contributed by atoms with Gasteiger partial charge in [-0.05, 0) is 49.3 Å². The van der Waals surface area contributed by atoms with Gasteiger partial charge in [-0.3, -0.25) is 4.90 Å². The normalized spacial score (nSPS) is 18.0. The van der Waals surface area contributed by atoms with Gasteiger partial charge in [-0.1, -0.05) is 12.2 Å². The second-order valence-corrected chi connectivity index (χ2v) is 7.57. The van der Waals surface area contributed by atoms with Crippen molar-refractivity contribution in [3.63, 3.8) is 0 Å². The number of fused-ring (bicyclic) bond motifs is 1. The third-order valence-corrected chi connectivity index (χ3v) is 5.47. The molecule has 0 unspecified atom stereocenters. The third-order valence-electron chi connectivity index (χ3n) is 5.47. The Morgan fingerprint density at radius 2 is 2.25 bits per heavy atom. The van der Waals surface area contributed by atoms with Crippen molar-refractivity contribution in [2.45, 2.75) is 38.8 Å². The zero-order valence-corrected chi connectivity index (χ0v) is 16.5. The van der Waals surface area contributed by atoms with Crippen molar-refractivity contribution in [3.05, 3.63) is 48.6 Å². The maximum Gasteiger partial charge on any atom is 0.231 e. The van der Waals surface area contributed by atoms with Crippen molar-refractivity contribution in [2.24, 2.45) is 5.92 Å². The van der Waals surface area contributed by atoms with Crippen molar-refractivity contribution in [3.8, 4) is 17.2 Å². The highest BCUT2D eigenvalue weighted by Crippen LogP contribution is 2.42. The molecular weight excluding hydrogens is 354 g/mol. The highest BCUT2D eigenvalue weighted by Gasteiger charge is 2.22. The van der Waals surface area contributed by atoms with Crippen LogP contribution in [0.1, 0.15) is 31.2 Å². The van der Waals surface area contributed by atoms with Crippen LogP contribution in [-0.4, -0.2) is 41.4 Å². The fourth-order valence-electron chi connectivity index (χ4n) is 4.05. The number of rotatable bonds is 9. The first-order chi connectivity index (χ1) is 13.8. The van der Waals surface area contributed by atoms with E-state index in [9.17, 15) is 0 Å². The van der Waals surface area contributed by atoms with Crippen molar-refractivity contribution in [2.75, 3.05) is 27.0 Å². The molecule has 1 aliphatic heterocycles. The summed E-state index contributed by atoms with van der Waals surface area (Å²) in [4.78, 5) is 6.70. The molecule has 28 heavy (non-hydrogen) atoms. The van der Waals surface area contributed by atoms with E-state index in [1.54, 1.807) is 7.11 Å². The molecule has 4 rings (SSSR count). The van der Waals surface area contributed by atoms with Crippen LogP contribution in [0.5, 0.6) is 17.2 Å². The first-order valence-electron chi connectivity index (χ1n) is 10.1. The molecule has 0 radical (unpaired) electrons. The van der Waals surface area contributed by atoms with Gasteiger partial charge in [-0.25, -0.2) is 4.98 Å². The third kappa shape index (κ3) is 4.68. The molecule has 0 saturated heterocycles. The van der Waals surface area contributed by atoms with Gasteiger partial charge in [0.05, 0.1) is 13.4 Å². The number of aryl methyl sites for hydroxylation is 1. The van der Waals surface area contributed by atoms with E-state index in [2.05, 4.69) is 38.7 Å². The number of nitrogens with zero attached hydrogens (tertiary/aromatic N) is 3. The highest BCUT2D eigenvalue weighted by molar-refractivity contribution is 5.55. The molecule has 0 fully saturated rings. The van der Waals surface area contributed by atoms with Gasteiger partial charge in [-0.15, -0.1) is 0 Å². The molecule has 0 bridgehead atoms. The van der Waals surface area contributed by atoms with Crippen LogP contribution < -0.4 is 14.2 Å². The number of benzene rings is 1. The molecule has 0 N–H and O–H groups in total. The number of aromatic nitrogens is 2. The molecule has 2 aromatic rings. The lowest BCUT2D eigenvalue weighted by Crippen LogP contribution is -2.31.